The zero-order valence-corrected chi connectivity index (χ0v) is 20.7. The van der Waals surface area contributed by atoms with Crippen LogP contribution in [0.5, 0.6) is 0 Å². The number of nitrogens with one attached hydrogen (secondary N) is 2. The number of halogens is 1. The Kier molecular flexibility index (Phi) is 7.09. The van der Waals surface area contributed by atoms with Crippen LogP contribution in [0.25, 0.3) is 11.3 Å². The predicted octanol–water partition coefficient (Wildman–Crippen LogP) is 5.39. The summed E-state index contributed by atoms with van der Waals surface area (Å²) < 4.78 is 19.4. The molecule has 2 aromatic heterocycles. The number of hydrogen-bond donors (Lipinski definition) is 2. The minimum atomic E-state index is -0.454. The first-order valence-corrected chi connectivity index (χ1v) is 12.2. The molecule has 2 aromatic carbocycles. The summed E-state index contributed by atoms with van der Waals surface area (Å²) in [7, 11) is 0. The number of pyridine rings is 1. The molecule has 1 fully saturated rings. The van der Waals surface area contributed by atoms with Gasteiger partial charge in [0.2, 0.25) is 5.91 Å². The number of furan rings is 1. The van der Waals surface area contributed by atoms with Crippen molar-refractivity contribution >= 4 is 34.6 Å². The summed E-state index contributed by atoms with van der Waals surface area (Å²) in [5.41, 5.74) is 1.94. The van der Waals surface area contributed by atoms with Crippen molar-refractivity contribution in [1.82, 2.24) is 15.2 Å². The van der Waals surface area contributed by atoms with Crippen molar-refractivity contribution in [3.63, 3.8) is 0 Å². The minimum Gasteiger partial charge on any atom is -0.459 e. The van der Waals surface area contributed by atoms with Gasteiger partial charge in [-0.3, -0.25) is 19.9 Å². The lowest BCUT2D eigenvalue weighted by molar-refractivity contribution is -0.384. The molecule has 11 heteroatoms. The number of nitro benzene ring substituents is 1. The molecular weight excluding hydrogens is 509 g/mol. The summed E-state index contributed by atoms with van der Waals surface area (Å²) in [4.78, 5) is 29.6. The van der Waals surface area contributed by atoms with Gasteiger partial charge in [-0.05, 0) is 72.9 Å². The van der Waals surface area contributed by atoms with Crippen LogP contribution < -0.4 is 10.6 Å². The first-order valence-electron chi connectivity index (χ1n) is 11.8. The molecular formula is C27H22FN5O4S. The quantitative estimate of drug-likeness (QED) is 0.177. The van der Waals surface area contributed by atoms with Crippen molar-refractivity contribution in [1.29, 1.82) is 0 Å². The number of non-ortho nitro benzene ring substituents is 1. The van der Waals surface area contributed by atoms with Gasteiger partial charge in [0.25, 0.3) is 5.69 Å². The van der Waals surface area contributed by atoms with Crippen LogP contribution in [0, 0.1) is 15.9 Å². The monoisotopic (exact) mass is 531 g/mol. The average Bonchev–Trinajstić information content (AvgIpc) is 3.54. The maximum absolute atomic E-state index is 13.2. The number of carbonyl (C=O) groups excluding carboxylic acids is 1. The van der Waals surface area contributed by atoms with E-state index in [1.807, 2.05) is 29.2 Å². The van der Waals surface area contributed by atoms with Crippen LogP contribution in [-0.4, -0.2) is 32.4 Å². The molecule has 3 heterocycles. The van der Waals surface area contributed by atoms with Crippen LogP contribution in [0.1, 0.15) is 30.0 Å². The number of carbonyl (C=O) groups is 1. The van der Waals surface area contributed by atoms with Crippen LogP contribution in [0.2, 0.25) is 0 Å². The molecule has 1 amide bonds. The molecule has 9 nitrogen and oxygen atoms in total. The largest absolute Gasteiger partial charge is 0.459 e. The first kappa shape index (κ1) is 25.0. The van der Waals surface area contributed by atoms with Crippen LogP contribution in [0.15, 0.2) is 89.5 Å². The lowest BCUT2D eigenvalue weighted by atomic mass is 10.0. The second-order valence-electron chi connectivity index (χ2n) is 8.63. The van der Waals surface area contributed by atoms with Crippen molar-refractivity contribution in [3.05, 3.63) is 112 Å². The van der Waals surface area contributed by atoms with Crippen LogP contribution >= 0.6 is 12.2 Å². The van der Waals surface area contributed by atoms with E-state index >= 15 is 0 Å². The van der Waals surface area contributed by atoms with Crippen LogP contribution in [-0.2, 0) is 4.79 Å². The number of hydrogen-bond acceptors (Lipinski definition) is 6. The summed E-state index contributed by atoms with van der Waals surface area (Å²) in [5, 5.41) is 17.5. The molecule has 0 radical (unpaired) electrons. The number of aromatic nitrogens is 1. The molecule has 1 aliphatic heterocycles. The predicted molar refractivity (Wildman–Crippen MR) is 143 cm³/mol. The van der Waals surface area contributed by atoms with E-state index in [4.69, 9.17) is 16.6 Å². The lowest BCUT2D eigenvalue weighted by Crippen LogP contribution is -2.32. The topological polar surface area (TPSA) is 114 Å². The summed E-state index contributed by atoms with van der Waals surface area (Å²) in [6.45, 7) is 0.292. The third kappa shape index (κ3) is 5.37. The Morgan fingerprint density at radius 2 is 1.87 bits per heavy atom. The molecule has 1 saturated heterocycles. The fourth-order valence-electron chi connectivity index (χ4n) is 4.35. The summed E-state index contributed by atoms with van der Waals surface area (Å²) in [5.74, 6) is 0.513. The highest BCUT2D eigenvalue weighted by molar-refractivity contribution is 7.80. The Labute approximate surface area is 222 Å². The van der Waals surface area contributed by atoms with Gasteiger partial charge in [-0.15, -0.1) is 0 Å². The van der Waals surface area contributed by atoms with Gasteiger partial charge in [-0.2, -0.15) is 0 Å². The molecule has 0 aliphatic carbocycles. The number of thiocarbonyl (C=S) groups is 1. The molecule has 192 valence electrons. The highest BCUT2D eigenvalue weighted by Crippen LogP contribution is 2.40. The summed E-state index contributed by atoms with van der Waals surface area (Å²) in [6.07, 6.45) is 1.82. The number of rotatable bonds is 8. The van der Waals surface area contributed by atoms with Gasteiger partial charge in [0, 0.05) is 42.5 Å². The molecule has 38 heavy (non-hydrogen) atoms. The smallest absolute Gasteiger partial charge is 0.269 e. The van der Waals surface area contributed by atoms with Gasteiger partial charge in [0.05, 0.1) is 16.7 Å². The Morgan fingerprint density at radius 1 is 1.11 bits per heavy atom. The van der Waals surface area contributed by atoms with E-state index in [1.165, 1.54) is 36.4 Å². The Hall–Kier alpha value is -4.64. The van der Waals surface area contributed by atoms with E-state index in [1.54, 1.807) is 24.4 Å². The fourth-order valence-corrected chi connectivity index (χ4v) is 4.68. The summed E-state index contributed by atoms with van der Waals surface area (Å²) >= 11 is 5.64. The van der Waals surface area contributed by atoms with E-state index in [0.717, 1.165) is 5.69 Å². The van der Waals surface area contributed by atoms with Crippen molar-refractivity contribution in [2.75, 3.05) is 11.9 Å². The van der Waals surface area contributed by atoms with Gasteiger partial charge < -0.3 is 20.0 Å². The van der Waals surface area contributed by atoms with Crippen molar-refractivity contribution < 1.29 is 18.5 Å². The molecule has 2 atom stereocenters. The third-order valence-corrected chi connectivity index (χ3v) is 6.54. The Bertz CT molecular complexity index is 1460. The van der Waals surface area contributed by atoms with Crippen LogP contribution in [0.4, 0.5) is 15.8 Å². The van der Waals surface area contributed by atoms with Crippen molar-refractivity contribution in [3.8, 4) is 11.3 Å². The average molecular weight is 532 g/mol. The van der Waals surface area contributed by atoms with Crippen LogP contribution in [0.3, 0.4) is 0 Å². The van der Waals surface area contributed by atoms with E-state index in [-0.39, 0.29) is 29.9 Å². The van der Waals surface area contributed by atoms with Gasteiger partial charge in [0.1, 0.15) is 23.4 Å². The Morgan fingerprint density at radius 3 is 2.55 bits per heavy atom. The molecule has 0 bridgehead atoms. The van der Waals surface area contributed by atoms with Crippen molar-refractivity contribution in [2.45, 2.75) is 18.5 Å². The van der Waals surface area contributed by atoms with Gasteiger partial charge in [-0.25, -0.2) is 4.39 Å². The lowest BCUT2D eigenvalue weighted by Gasteiger charge is -2.25. The van der Waals surface area contributed by atoms with Gasteiger partial charge in [-0.1, -0.05) is 6.07 Å². The highest BCUT2D eigenvalue weighted by Gasteiger charge is 2.41. The number of benzene rings is 2. The number of anilines is 1. The maximum Gasteiger partial charge on any atom is 0.269 e. The zero-order valence-electron chi connectivity index (χ0n) is 19.9. The first-order chi connectivity index (χ1) is 18.4. The molecule has 1 aliphatic rings. The maximum atomic E-state index is 13.2. The van der Waals surface area contributed by atoms with E-state index in [0.29, 0.717) is 34.4 Å². The number of nitro groups is 1. The second kappa shape index (κ2) is 10.8. The minimum absolute atomic E-state index is 0.00817. The second-order valence-corrected chi connectivity index (χ2v) is 9.02. The molecule has 5 rings (SSSR count). The molecule has 0 unspecified atom stereocenters. The number of nitrogens with zero attached hydrogens (tertiary/aromatic N) is 3. The molecule has 4 aromatic rings. The van der Waals surface area contributed by atoms with E-state index in [2.05, 4.69) is 15.6 Å². The number of amides is 1. The normalized spacial score (nSPS) is 16.8. The highest BCUT2D eigenvalue weighted by atomic mass is 32.1. The van der Waals surface area contributed by atoms with E-state index < -0.39 is 11.0 Å². The molecule has 0 saturated carbocycles. The standard InChI is InChI=1S/C27H22FN5O4S/c28-18-6-8-19(9-7-18)30-24(34)14-16-32-26(25(31-27(32)38)21-3-1-2-15-29-21)23-13-12-22(37-23)17-4-10-20(11-5-17)33(35)36/h1-13,15,25-26H,14,16H2,(H,30,34)(H,31,38)/t25-,26+/m1/s1. The van der Waals surface area contributed by atoms with Gasteiger partial charge >= 0.3 is 0 Å². The fraction of sp³-hybridized carbons (Fsp3) is 0.148. The van der Waals surface area contributed by atoms with Gasteiger partial charge in [0.15, 0.2) is 5.11 Å². The molecule has 0 spiro atoms. The summed E-state index contributed by atoms with van der Waals surface area (Å²) in [6, 6.07) is 20.2. The van der Waals surface area contributed by atoms with E-state index in [9.17, 15) is 19.3 Å². The van der Waals surface area contributed by atoms with Crippen molar-refractivity contribution in [2.24, 2.45) is 0 Å². The third-order valence-electron chi connectivity index (χ3n) is 6.19. The molecule has 2 N–H and O–H groups in total. The Balaban J connectivity index is 1.38. The zero-order chi connectivity index (χ0) is 26.6. The SMILES string of the molecule is O=C(CCN1C(=S)N[C@H](c2ccccn2)[C@@H]1c1ccc(-c2ccc([N+](=O)[O-])cc2)o1)Nc1ccc(F)cc1.